The number of sulfone groups is 1. The van der Waals surface area contributed by atoms with Crippen molar-refractivity contribution in [1.29, 1.82) is 0 Å². The van der Waals surface area contributed by atoms with Gasteiger partial charge in [-0.25, -0.2) is 17.6 Å². The summed E-state index contributed by atoms with van der Waals surface area (Å²) in [5.74, 6) is -0.567. The number of urea groups is 1. The van der Waals surface area contributed by atoms with Crippen LogP contribution in [0, 0.1) is 12.7 Å². The molecule has 2 N–H and O–H groups in total. The second-order valence-electron chi connectivity index (χ2n) is 8.20. The smallest absolute Gasteiger partial charge is 0.315 e. The Morgan fingerprint density at radius 2 is 1.60 bits per heavy atom. The Hall–Kier alpha value is -3.36. The van der Waals surface area contributed by atoms with Gasteiger partial charge in [-0.3, -0.25) is 0 Å². The van der Waals surface area contributed by atoms with Crippen molar-refractivity contribution < 1.29 is 17.6 Å². The Morgan fingerprint density at radius 3 is 2.31 bits per heavy atom. The lowest BCUT2D eigenvalue weighted by Gasteiger charge is -2.10. The predicted molar refractivity (Wildman–Crippen MR) is 136 cm³/mol. The maximum Gasteiger partial charge on any atom is 0.315 e. The number of nitrogens with zero attached hydrogens (tertiary/aromatic N) is 1. The summed E-state index contributed by atoms with van der Waals surface area (Å²) in [6, 6.07) is 20.1. The molecule has 35 heavy (non-hydrogen) atoms. The second-order valence-corrected chi connectivity index (χ2v) is 10.7. The van der Waals surface area contributed by atoms with Crippen molar-refractivity contribution in [1.82, 2.24) is 15.2 Å². The van der Waals surface area contributed by atoms with Gasteiger partial charge in [0.1, 0.15) is 5.82 Å². The van der Waals surface area contributed by atoms with E-state index in [1.54, 1.807) is 55.5 Å². The van der Waals surface area contributed by atoms with Crippen LogP contribution in [0.5, 0.6) is 0 Å². The molecule has 1 heterocycles. The fourth-order valence-corrected chi connectivity index (χ4v) is 5.78. The highest BCUT2D eigenvalue weighted by Crippen LogP contribution is 2.31. The van der Waals surface area contributed by atoms with E-state index in [0.717, 1.165) is 16.6 Å². The molecule has 2 amide bonds. The van der Waals surface area contributed by atoms with E-state index < -0.39 is 15.9 Å². The number of halogens is 2. The summed E-state index contributed by atoms with van der Waals surface area (Å²) in [6.45, 7) is 2.44. The summed E-state index contributed by atoms with van der Waals surface area (Å²) in [5.41, 5.74) is 3.12. The molecule has 4 aromatic rings. The minimum absolute atomic E-state index is 0.0360. The number of hydrogen-bond donors (Lipinski definition) is 2. The first kappa shape index (κ1) is 24.8. The summed E-state index contributed by atoms with van der Waals surface area (Å²) in [7, 11) is -3.70. The number of fused-ring (bicyclic) bond motifs is 1. The SMILES string of the molecule is Cc1c(S(=O)(=O)CCNC(=O)NCc2ccc(Cl)cc2)c2ccccc2n1Cc1ccc(F)cc1. The van der Waals surface area contributed by atoms with E-state index in [2.05, 4.69) is 10.6 Å². The van der Waals surface area contributed by atoms with E-state index in [4.69, 9.17) is 11.6 Å². The van der Waals surface area contributed by atoms with Gasteiger partial charge in [0.05, 0.1) is 10.6 Å². The molecule has 0 spiro atoms. The zero-order valence-electron chi connectivity index (χ0n) is 19.1. The Labute approximate surface area is 208 Å². The van der Waals surface area contributed by atoms with Crippen molar-refractivity contribution in [3.63, 3.8) is 0 Å². The van der Waals surface area contributed by atoms with Gasteiger partial charge in [0, 0.05) is 41.3 Å². The van der Waals surface area contributed by atoms with Gasteiger partial charge in [0.2, 0.25) is 0 Å². The Balaban J connectivity index is 1.46. The summed E-state index contributed by atoms with van der Waals surface area (Å²) in [6.07, 6.45) is 0. The van der Waals surface area contributed by atoms with Gasteiger partial charge in [0.15, 0.2) is 9.84 Å². The van der Waals surface area contributed by atoms with Crippen molar-refractivity contribution in [3.05, 3.63) is 100 Å². The van der Waals surface area contributed by atoms with E-state index in [1.807, 2.05) is 16.7 Å². The van der Waals surface area contributed by atoms with E-state index in [1.165, 1.54) is 12.1 Å². The topological polar surface area (TPSA) is 80.2 Å². The minimum Gasteiger partial charge on any atom is -0.339 e. The number of benzene rings is 3. The molecule has 0 radical (unpaired) electrons. The third-order valence-corrected chi connectivity index (χ3v) is 7.89. The number of carbonyl (C=O) groups is 1. The van der Waals surface area contributed by atoms with Crippen LogP contribution in [0.3, 0.4) is 0 Å². The molecule has 0 atom stereocenters. The molecular formula is C26H25ClFN3O3S. The summed E-state index contributed by atoms with van der Waals surface area (Å²) in [4.78, 5) is 12.4. The third-order valence-electron chi connectivity index (χ3n) is 5.76. The molecule has 1 aromatic heterocycles. The van der Waals surface area contributed by atoms with Crippen molar-refractivity contribution >= 4 is 38.4 Å². The van der Waals surface area contributed by atoms with Gasteiger partial charge >= 0.3 is 6.03 Å². The zero-order valence-corrected chi connectivity index (χ0v) is 20.7. The molecule has 4 rings (SSSR count). The molecule has 0 fully saturated rings. The van der Waals surface area contributed by atoms with Gasteiger partial charge < -0.3 is 15.2 Å². The van der Waals surface area contributed by atoms with Crippen LogP contribution in [0.15, 0.2) is 77.7 Å². The molecular weight excluding hydrogens is 489 g/mol. The summed E-state index contributed by atoms with van der Waals surface area (Å²) >= 11 is 5.86. The fraction of sp³-hybridized carbons (Fsp3) is 0.192. The number of nitrogens with one attached hydrogen (secondary N) is 2. The van der Waals surface area contributed by atoms with Crippen molar-refractivity contribution in [2.45, 2.75) is 24.9 Å². The van der Waals surface area contributed by atoms with E-state index in [9.17, 15) is 17.6 Å². The van der Waals surface area contributed by atoms with Crippen molar-refractivity contribution in [3.8, 4) is 0 Å². The van der Waals surface area contributed by atoms with Gasteiger partial charge in [-0.15, -0.1) is 0 Å². The lowest BCUT2D eigenvalue weighted by atomic mass is 10.2. The van der Waals surface area contributed by atoms with Crippen LogP contribution in [0.2, 0.25) is 5.02 Å². The second kappa shape index (κ2) is 10.5. The molecule has 182 valence electrons. The first-order valence-electron chi connectivity index (χ1n) is 11.1. The normalized spacial score (nSPS) is 11.5. The van der Waals surface area contributed by atoms with Crippen molar-refractivity contribution in [2.24, 2.45) is 0 Å². The average molecular weight is 514 g/mol. The molecule has 0 bridgehead atoms. The van der Waals surface area contributed by atoms with Gasteiger partial charge in [-0.2, -0.15) is 0 Å². The first-order chi connectivity index (χ1) is 16.7. The van der Waals surface area contributed by atoms with Gasteiger partial charge in [0.25, 0.3) is 0 Å². The maximum atomic E-state index is 13.3. The average Bonchev–Trinajstić information content (AvgIpc) is 3.12. The Kier molecular flexibility index (Phi) is 7.42. The molecule has 0 aliphatic carbocycles. The molecule has 0 saturated carbocycles. The van der Waals surface area contributed by atoms with E-state index in [-0.39, 0.29) is 23.0 Å². The van der Waals surface area contributed by atoms with E-state index in [0.29, 0.717) is 29.2 Å². The predicted octanol–water partition coefficient (Wildman–Crippen LogP) is 5.06. The number of para-hydroxylation sites is 1. The summed E-state index contributed by atoms with van der Waals surface area (Å²) in [5, 5.41) is 6.55. The van der Waals surface area contributed by atoms with Crippen LogP contribution in [0.4, 0.5) is 9.18 Å². The number of hydrogen-bond acceptors (Lipinski definition) is 3. The monoisotopic (exact) mass is 513 g/mol. The molecule has 9 heteroatoms. The lowest BCUT2D eigenvalue weighted by molar-refractivity contribution is 0.241. The van der Waals surface area contributed by atoms with Crippen LogP contribution in [-0.2, 0) is 22.9 Å². The largest absolute Gasteiger partial charge is 0.339 e. The minimum atomic E-state index is -3.70. The van der Waals surface area contributed by atoms with Crippen LogP contribution in [0.25, 0.3) is 10.9 Å². The molecule has 0 saturated heterocycles. The molecule has 0 aliphatic heterocycles. The first-order valence-corrected chi connectivity index (χ1v) is 13.1. The van der Waals surface area contributed by atoms with Crippen molar-refractivity contribution in [2.75, 3.05) is 12.3 Å². The number of carbonyl (C=O) groups excluding carboxylic acids is 1. The van der Waals surface area contributed by atoms with Crippen LogP contribution in [0.1, 0.15) is 16.8 Å². The van der Waals surface area contributed by atoms with Gasteiger partial charge in [-0.05, 0) is 48.4 Å². The number of amides is 2. The highest BCUT2D eigenvalue weighted by Gasteiger charge is 2.25. The molecule has 0 unspecified atom stereocenters. The quantitative estimate of drug-likeness (QED) is 0.345. The number of rotatable bonds is 8. The van der Waals surface area contributed by atoms with Crippen LogP contribution < -0.4 is 10.6 Å². The Bertz CT molecular complexity index is 1450. The highest BCUT2D eigenvalue weighted by molar-refractivity contribution is 7.91. The lowest BCUT2D eigenvalue weighted by Crippen LogP contribution is -2.37. The van der Waals surface area contributed by atoms with Gasteiger partial charge in [-0.1, -0.05) is 54.1 Å². The Morgan fingerprint density at radius 1 is 0.943 bits per heavy atom. The maximum absolute atomic E-state index is 13.3. The standard InChI is InChI=1S/C26H25ClFN3O3S/c1-18-25(23-4-2-3-5-24(23)31(18)17-20-8-12-22(28)13-9-20)35(33,34)15-14-29-26(32)30-16-19-6-10-21(27)11-7-19/h2-13H,14-17H2,1H3,(H2,29,30,32). The van der Waals surface area contributed by atoms with Crippen LogP contribution >= 0.6 is 11.6 Å². The third kappa shape index (κ3) is 5.83. The molecule has 6 nitrogen and oxygen atoms in total. The molecule has 0 aliphatic rings. The number of aromatic nitrogens is 1. The highest BCUT2D eigenvalue weighted by atomic mass is 35.5. The van der Waals surface area contributed by atoms with E-state index >= 15 is 0 Å². The summed E-state index contributed by atoms with van der Waals surface area (Å²) < 4.78 is 41.9. The fourth-order valence-electron chi connectivity index (χ4n) is 4.02. The van der Waals surface area contributed by atoms with Crippen LogP contribution in [-0.4, -0.2) is 31.3 Å². The molecule has 3 aromatic carbocycles. The zero-order chi connectivity index (χ0) is 25.0.